The first kappa shape index (κ1) is 15.7. The van der Waals surface area contributed by atoms with Gasteiger partial charge >= 0.3 is 0 Å². The van der Waals surface area contributed by atoms with Gasteiger partial charge in [-0.15, -0.1) is 11.3 Å². The van der Waals surface area contributed by atoms with Crippen LogP contribution >= 0.6 is 23.6 Å². The Morgan fingerprint density at radius 3 is 2.88 bits per heavy atom. The van der Waals surface area contributed by atoms with Crippen LogP contribution in [0, 0.1) is 11.7 Å². The fraction of sp³-hybridized carbons (Fsp3) is 0.333. The summed E-state index contributed by atoms with van der Waals surface area (Å²) in [6.07, 6.45) is 1.11. The maximum atomic E-state index is 5.46. The van der Waals surface area contributed by atoms with Crippen LogP contribution in [0.1, 0.15) is 29.0 Å². The van der Waals surface area contributed by atoms with Crippen LogP contribution in [-0.2, 0) is 13.1 Å². The maximum absolute atomic E-state index is 5.46. The third-order valence-electron chi connectivity index (χ3n) is 4.73. The van der Waals surface area contributed by atoms with Gasteiger partial charge in [0.1, 0.15) is 0 Å². The normalized spacial score (nSPS) is 17.8. The predicted molar refractivity (Wildman–Crippen MR) is 101 cm³/mol. The number of benzene rings is 1. The Labute approximate surface area is 150 Å². The van der Waals surface area contributed by atoms with E-state index in [1.807, 2.05) is 16.0 Å². The topological polar surface area (TPSA) is 36.9 Å². The van der Waals surface area contributed by atoms with Crippen LogP contribution in [-0.4, -0.2) is 26.2 Å². The molecule has 0 bridgehead atoms. The van der Waals surface area contributed by atoms with Gasteiger partial charge in [0.15, 0.2) is 5.82 Å². The first-order chi connectivity index (χ1) is 11.6. The summed E-state index contributed by atoms with van der Waals surface area (Å²) in [5, 5.41) is 5.56. The van der Waals surface area contributed by atoms with Crippen molar-refractivity contribution in [1.29, 1.82) is 0 Å². The van der Waals surface area contributed by atoms with Crippen molar-refractivity contribution >= 4 is 23.6 Å². The average molecular weight is 357 g/mol. The zero-order chi connectivity index (χ0) is 16.7. The van der Waals surface area contributed by atoms with E-state index in [0.717, 1.165) is 31.0 Å². The summed E-state index contributed by atoms with van der Waals surface area (Å²) in [5.41, 5.74) is 3.76. The van der Waals surface area contributed by atoms with Gasteiger partial charge in [0, 0.05) is 23.0 Å². The molecule has 1 aromatic carbocycles. The fourth-order valence-corrected chi connectivity index (χ4v) is 4.39. The minimum absolute atomic E-state index is 0.410. The number of rotatable bonds is 3. The third-order valence-corrected chi connectivity index (χ3v) is 6.04. The number of nitrogens with zero attached hydrogens (tertiary/aromatic N) is 3. The second-order valence-corrected chi connectivity index (χ2v) is 7.69. The van der Waals surface area contributed by atoms with Gasteiger partial charge in [-0.25, -0.2) is 4.68 Å². The first-order valence-corrected chi connectivity index (χ1v) is 9.45. The highest BCUT2D eigenvalue weighted by molar-refractivity contribution is 7.71. The van der Waals surface area contributed by atoms with Crippen molar-refractivity contribution in [2.45, 2.75) is 33.0 Å². The van der Waals surface area contributed by atoms with E-state index in [-0.39, 0.29) is 0 Å². The molecule has 0 spiro atoms. The zero-order valence-electron chi connectivity index (χ0n) is 13.8. The summed E-state index contributed by atoms with van der Waals surface area (Å²) in [5.74, 6) is 0.834. The molecule has 3 aromatic rings. The summed E-state index contributed by atoms with van der Waals surface area (Å²) in [7, 11) is 0. The van der Waals surface area contributed by atoms with Crippen LogP contribution < -0.4 is 0 Å². The van der Waals surface area contributed by atoms with Crippen LogP contribution in [0.15, 0.2) is 35.7 Å². The van der Waals surface area contributed by atoms with E-state index in [4.69, 9.17) is 12.2 Å². The van der Waals surface area contributed by atoms with Gasteiger partial charge in [-0.05, 0) is 49.5 Å². The molecular weight excluding hydrogens is 336 g/mol. The number of aromatic amines is 1. The Morgan fingerprint density at radius 1 is 1.29 bits per heavy atom. The smallest absolute Gasteiger partial charge is 0.217 e. The largest absolute Gasteiger partial charge is 0.278 e. The molecule has 4 nitrogen and oxygen atoms in total. The minimum atomic E-state index is 0.410. The van der Waals surface area contributed by atoms with Crippen LogP contribution in [0.2, 0.25) is 0 Å². The van der Waals surface area contributed by atoms with E-state index < -0.39 is 0 Å². The molecule has 4 rings (SSSR count). The standard InChI is InChI=1S/C18H20N4S2/c1-12-3-5-14(6-4-12)17-19-18(23)22(20-17)11-21-9-7-16-15(13(21)2)8-10-24-16/h3-6,8,10,13H,7,9,11H2,1-2H3,(H,19,20,23)/t13-/m0/s1. The van der Waals surface area contributed by atoms with E-state index in [1.165, 1.54) is 16.0 Å². The minimum Gasteiger partial charge on any atom is -0.278 e. The molecule has 1 aliphatic heterocycles. The summed E-state index contributed by atoms with van der Waals surface area (Å²) in [4.78, 5) is 8.50. The number of fused-ring (bicyclic) bond motifs is 1. The van der Waals surface area contributed by atoms with Crippen molar-refractivity contribution < 1.29 is 0 Å². The predicted octanol–water partition coefficient (Wildman–Crippen LogP) is 4.55. The SMILES string of the molecule is Cc1ccc(-c2nc(=S)n(CN3CCc4sccc4[C@@H]3C)[nH]2)cc1. The summed E-state index contributed by atoms with van der Waals surface area (Å²) in [6, 6.07) is 11.0. The van der Waals surface area contributed by atoms with Crippen molar-refractivity contribution in [1.82, 2.24) is 19.7 Å². The molecule has 0 amide bonds. The molecule has 124 valence electrons. The van der Waals surface area contributed by atoms with E-state index in [9.17, 15) is 0 Å². The lowest BCUT2D eigenvalue weighted by atomic mass is 10.0. The van der Waals surface area contributed by atoms with E-state index in [0.29, 0.717) is 10.8 Å². The molecule has 1 aliphatic rings. The molecule has 0 fully saturated rings. The molecule has 2 aromatic heterocycles. The molecule has 0 saturated carbocycles. The molecular formula is C18H20N4S2. The van der Waals surface area contributed by atoms with Gasteiger partial charge in [-0.1, -0.05) is 29.8 Å². The number of aryl methyl sites for hydroxylation is 1. The highest BCUT2D eigenvalue weighted by Gasteiger charge is 2.25. The lowest BCUT2D eigenvalue weighted by Crippen LogP contribution is -2.35. The molecule has 3 heterocycles. The molecule has 0 radical (unpaired) electrons. The van der Waals surface area contributed by atoms with Gasteiger partial charge in [-0.2, -0.15) is 4.98 Å². The van der Waals surface area contributed by atoms with Crippen molar-refractivity contribution in [3.05, 3.63) is 56.5 Å². The van der Waals surface area contributed by atoms with E-state index >= 15 is 0 Å². The average Bonchev–Trinajstić information content (AvgIpc) is 3.18. The zero-order valence-corrected chi connectivity index (χ0v) is 15.5. The van der Waals surface area contributed by atoms with E-state index in [1.54, 1.807) is 0 Å². The Bertz CT molecular complexity index is 904. The van der Waals surface area contributed by atoms with Gasteiger partial charge < -0.3 is 0 Å². The van der Waals surface area contributed by atoms with Crippen LogP contribution in [0.3, 0.4) is 0 Å². The van der Waals surface area contributed by atoms with Crippen molar-refractivity contribution in [3.63, 3.8) is 0 Å². The second-order valence-electron chi connectivity index (χ2n) is 6.33. The van der Waals surface area contributed by atoms with E-state index in [2.05, 4.69) is 64.5 Å². The highest BCUT2D eigenvalue weighted by Crippen LogP contribution is 2.33. The quantitative estimate of drug-likeness (QED) is 0.699. The monoisotopic (exact) mass is 356 g/mol. The molecule has 0 aliphatic carbocycles. The van der Waals surface area contributed by atoms with Crippen LogP contribution in [0.4, 0.5) is 0 Å². The Hall–Kier alpha value is -1.76. The Morgan fingerprint density at radius 2 is 2.08 bits per heavy atom. The number of H-pyrrole nitrogens is 1. The maximum Gasteiger partial charge on any atom is 0.217 e. The Balaban J connectivity index is 1.58. The van der Waals surface area contributed by atoms with Crippen LogP contribution in [0.5, 0.6) is 0 Å². The lowest BCUT2D eigenvalue weighted by molar-refractivity contribution is 0.144. The lowest BCUT2D eigenvalue weighted by Gasteiger charge is -2.33. The van der Waals surface area contributed by atoms with Crippen molar-refractivity contribution in [2.75, 3.05) is 6.54 Å². The number of aromatic nitrogens is 3. The summed E-state index contributed by atoms with van der Waals surface area (Å²) < 4.78 is 2.58. The van der Waals surface area contributed by atoms with Gasteiger partial charge in [0.2, 0.25) is 4.77 Å². The molecule has 0 unspecified atom stereocenters. The third kappa shape index (κ3) is 2.85. The van der Waals surface area contributed by atoms with Gasteiger partial charge in [0.05, 0.1) is 6.67 Å². The van der Waals surface area contributed by atoms with Gasteiger partial charge in [0.25, 0.3) is 0 Å². The second kappa shape index (κ2) is 6.27. The Kier molecular flexibility index (Phi) is 4.12. The number of nitrogens with one attached hydrogen (secondary N) is 1. The number of thiophene rings is 1. The molecule has 0 saturated heterocycles. The number of hydrogen-bond donors (Lipinski definition) is 1. The van der Waals surface area contributed by atoms with Crippen molar-refractivity contribution in [3.8, 4) is 11.4 Å². The molecule has 24 heavy (non-hydrogen) atoms. The first-order valence-electron chi connectivity index (χ1n) is 8.16. The van der Waals surface area contributed by atoms with Gasteiger partial charge in [-0.3, -0.25) is 10.00 Å². The van der Waals surface area contributed by atoms with Crippen molar-refractivity contribution in [2.24, 2.45) is 0 Å². The molecule has 1 atom stereocenters. The number of hydrogen-bond acceptors (Lipinski definition) is 4. The summed E-state index contributed by atoms with van der Waals surface area (Å²) in [6.45, 7) is 6.15. The molecule has 6 heteroatoms. The summed E-state index contributed by atoms with van der Waals surface area (Å²) >= 11 is 7.33. The fourth-order valence-electron chi connectivity index (χ4n) is 3.23. The molecule has 1 N–H and O–H groups in total. The highest BCUT2D eigenvalue weighted by atomic mass is 32.1. The van der Waals surface area contributed by atoms with Crippen LogP contribution in [0.25, 0.3) is 11.4 Å².